The Morgan fingerprint density at radius 1 is 1.29 bits per heavy atom. The van der Waals surface area contributed by atoms with Crippen LogP contribution in [-0.2, 0) is 10.2 Å². The van der Waals surface area contributed by atoms with Gasteiger partial charge in [0.05, 0.1) is 6.04 Å². The highest BCUT2D eigenvalue weighted by Crippen LogP contribution is 2.32. The van der Waals surface area contributed by atoms with Crippen LogP contribution < -0.4 is 0 Å². The van der Waals surface area contributed by atoms with E-state index in [0.717, 1.165) is 18.5 Å². The third-order valence-electron chi connectivity index (χ3n) is 4.12. The molecule has 0 unspecified atom stereocenters. The molecule has 1 aliphatic rings. The first-order valence-corrected chi connectivity index (χ1v) is 9.34. The monoisotopic (exact) mass is 350 g/mol. The summed E-state index contributed by atoms with van der Waals surface area (Å²) >= 11 is 0. The van der Waals surface area contributed by atoms with E-state index in [2.05, 4.69) is 19.9 Å². The van der Waals surface area contributed by atoms with Crippen LogP contribution >= 0.6 is 0 Å². The van der Waals surface area contributed by atoms with Crippen molar-refractivity contribution in [3.05, 3.63) is 30.0 Å². The third-order valence-corrected chi connectivity index (χ3v) is 6.07. The lowest BCUT2D eigenvalue weighted by Gasteiger charge is -2.35. The molecular weight excluding hydrogens is 328 g/mol. The third kappa shape index (κ3) is 3.19. The molecule has 0 amide bonds. The first kappa shape index (κ1) is 17.0. The smallest absolute Gasteiger partial charge is 0.282 e. The van der Waals surface area contributed by atoms with Gasteiger partial charge in [-0.2, -0.15) is 17.0 Å². The van der Waals surface area contributed by atoms with Crippen molar-refractivity contribution in [2.75, 3.05) is 20.6 Å². The van der Waals surface area contributed by atoms with Gasteiger partial charge in [-0.05, 0) is 25.8 Å². The summed E-state index contributed by atoms with van der Waals surface area (Å²) in [5.74, 6) is 1.19. The number of nitrogens with one attached hydrogen (secondary N) is 1. The first-order chi connectivity index (χ1) is 11.4. The zero-order valence-electron chi connectivity index (χ0n) is 14.1. The second-order valence-corrected chi connectivity index (χ2v) is 8.20. The van der Waals surface area contributed by atoms with Crippen molar-refractivity contribution in [3.8, 4) is 11.5 Å². The highest BCUT2D eigenvalue weighted by molar-refractivity contribution is 7.86. The molecule has 0 bridgehead atoms. The van der Waals surface area contributed by atoms with E-state index in [-0.39, 0.29) is 6.04 Å². The fourth-order valence-corrected chi connectivity index (χ4v) is 4.22. The molecule has 0 spiro atoms. The Morgan fingerprint density at radius 2 is 2.08 bits per heavy atom. The number of nitrogens with zero attached hydrogens (tertiary/aromatic N) is 5. The number of aryl methyl sites for hydroxylation is 1. The summed E-state index contributed by atoms with van der Waals surface area (Å²) in [6, 6.07) is 1.50. The molecule has 2 aromatic rings. The molecule has 3 heterocycles. The topological polar surface area (TPSA) is 95.1 Å². The molecule has 2 aromatic heterocycles. The Bertz CT molecular complexity index is 803. The molecule has 0 saturated carbocycles. The van der Waals surface area contributed by atoms with Crippen LogP contribution in [0.4, 0.5) is 0 Å². The second-order valence-electron chi connectivity index (χ2n) is 6.10. The van der Waals surface area contributed by atoms with Crippen LogP contribution in [0.25, 0.3) is 11.5 Å². The van der Waals surface area contributed by atoms with Crippen molar-refractivity contribution in [1.29, 1.82) is 0 Å². The van der Waals surface area contributed by atoms with Crippen molar-refractivity contribution < 1.29 is 8.42 Å². The summed E-state index contributed by atoms with van der Waals surface area (Å²) < 4.78 is 28.0. The fourth-order valence-electron chi connectivity index (χ4n) is 2.92. The van der Waals surface area contributed by atoms with Gasteiger partial charge in [-0.1, -0.05) is 6.42 Å². The van der Waals surface area contributed by atoms with Crippen molar-refractivity contribution in [2.24, 2.45) is 0 Å². The molecule has 130 valence electrons. The van der Waals surface area contributed by atoms with Crippen LogP contribution in [0, 0.1) is 6.92 Å². The van der Waals surface area contributed by atoms with Gasteiger partial charge in [0, 0.05) is 38.7 Å². The lowest BCUT2D eigenvalue weighted by molar-refractivity contribution is 0.234. The summed E-state index contributed by atoms with van der Waals surface area (Å²) in [5, 5.41) is 0. The van der Waals surface area contributed by atoms with Gasteiger partial charge in [0.2, 0.25) is 0 Å². The quantitative estimate of drug-likeness (QED) is 0.902. The van der Waals surface area contributed by atoms with Gasteiger partial charge in [-0.3, -0.25) is 0 Å². The molecule has 1 atom stereocenters. The van der Waals surface area contributed by atoms with Crippen LogP contribution in [0.15, 0.2) is 18.5 Å². The molecule has 0 radical (unpaired) electrons. The first-order valence-electron chi connectivity index (χ1n) is 7.94. The lowest BCUT2D eigenvalue weighted by atomic mass is 10.0. The Morgan fingerprint density at radius 3 is 2.75 bits per heavy atom. The molecule has 1 aliphatic heterocycles. The van der Waals surface area contributed by atoms with E-state index in [9.17, 15) is 8.42 Å². The van der Waals surface area contributed by atoms with Crippen molar-refractivity contribution in [1.82, 2.24) is 28.5 Å². The van der Waals surface area contributed by atoms with Gasteiger partial charge < -0.3 is 4.98 Å². The fraction of sp³-hybridized carbons (Fsp3) is 0.533. The molecule has 3 rings (SSSR count). The Kier molecular flexibility index (Phi) is 4.66. The second kappa shape index (κ2) is 6.58. The minimum absolute atomic E-state index is 0.347. The number of hydrogen-bond acceptors (Lipinski definition) is 5. The molecule has 1 N–H and O–H groups in total. The van der Waals surface area contributed by atoms with Gasteiger partial charge >= 0.3 is 0 Å². The number of hydrogen-bond donors (Lipinski definition) is 1. The average Bonchev–Trinajstić information content (AvgIpc) is 3.08. The minimum Gasteiger partial charge on any atom is -0.343 e. The van der Waals surface area contributed by atoms with Gasteiger partial charge in [0.25, 0.3) is 10.2 Å². The zero-order chi connectivity index (χ0) is 17.3. The van der Waals surface area contributed by atoms with E-state index in [1.165, 1.54) is 8.61 Å². The molecule has 0 aliphatic carbocycles. The highest BCUT2D eigenvalue weighted by atomic mass is 32.2. The summed E-state index contributed by atoms with van der Waals surface area (Å²) in [7, 11) is -0.418. The van der Waals surface area contributed by atoms with E-state index in [0.29, 0.717) is 30.3 Å². The van der Waals surface area contributed by atoms with Crippen molar-refractivity contribution in [2.45, 2.75) is 32.2 Å². The predicted octanol–water partition coefficient (Wildman–Crippen LogP) is 1.51. The largest absolute Gasteiger partial charge is 0.343 e. The summed E-state index contributed by atoms with van der Waals surface area (Å²) in [6.45, 7) is 2.36. The number of rotatable bonds is 4. The van der Waals surface area contributed by atoms with Crippen LogP contribution in [0.3, 0.4) is 0 Å². The highest BCUT2D eigenvalue weighted by Gasteiger charge is 2.36. The van der Waals surface area contributed by atoms with E-state index in [4.69, 9.17) is 0 Å². The lowest BCUT2D eigenvalue weighted by Crippen LogP contribution is -2.45. The van der Waals surface area contributed by atoms with Gasteiger partial charge in [-0.15, -0.1) is 0 Å². The normalized spacial score (nSPS) is 19.8. The van der Waals surface area contributed by atoms with E-state index in [1.807, 2.05) is 13.0 Å². The van der Waals surface area contributed by atoms with Crippen molar-refractivity contribution in [3.63, 3.8) is 0 Å². The maximum atomic E-state index is 12.6. The number of imidazole rings is 1. The predicted molar refractivity (Wildman–Crippen MR) is 90.3 cm³/mol. The molecular formula is C15H22N6O2S. The van der Waals surface area contributed by atoms with Crippen LogP contribution in [0.2, 0.25) is 0 Å². The summed E-state index contributed by atoms with van der Waals surface area (Å²) in [6.07, 6.45) is 5.91. The summed E-state index contributed by atoms with van der Waals surface area (Å²) in [4.78, 5) is 16.4. The number of H-pyrrole nitrogens is 1. The van der Waals surface area contributed by atoms with E-state index < -0.39 is 10.2 Å². The summed E-state index contributed by atoms with van der Waals surface area (Å²) in [5.41, 5.74) is 1.47. The number of aromatic nitrogens is 4. The van der Waals surface area contributed by atoms with Crippen LogP contribution in [-0.4, -0.2) is 57.6 Å². The molecule has 9 heteroatoms. The zero-order valence-corrected chi connectivity index (χ0v) is 14.9. The van der Waals surface area contributed by atoms with E-state index >= 15 is 0 Å². The maximum Gasteiger partial charge on any atom is 0.282 e. The molecule has 0 aromatic carbocycles. The van der Waals surface area contributed by atoms with Crippen molar-refractivity contribution >= 4 is 10.2 Å². The SMILES string of the molecule is Cc1cc(-c2ncc[nH]2)nc([C@@H]2CCCCN2S(=O)(=O)N(C)C)n1. The maximum absolute atomic E-state index is 12.6. The number of aromatic amines is 1. The van der Waals surface area contributed by atoms with Crippen LogP contribution in [0.5, 0.6) is 0 Å². The molecule has 1 fully saturated rings. The Labute approximate surface area is 142 Å². The molecule has 24 heavy (non-hydrogen) atoms. The average molecular weight is 350 g/mol. The standard InChI is InChI=1S/C15H22N6O2S/c1-11-10-12(14-16-7-8-17-14)19-15(18-11)13-6-4-5-9-21(13)24(22,23)20(2)3/h7-8,10,13H,4-6,9H2,1-3H3,(H,16,17)/t13-/m0/s1. The molecule has 1 saturated heterocycles. The number of piperidine rings is 1. The minimum atomic E-state index is -3.51. The van der Waals surface area contributed by atoms with Gasteiger partial charge in [0.15, 0.2) is 5.82 Å². The van der Waals surface area contributed by atoms with Gasteiger partial charge in [0.1, 0.15) is 11.5 Å². The Hall–Kier alpha value is -1.84. The van der Waals surface area contributed by atoms with Crippen LogP contribution in [0.1, 0.15) is 36.8 Å². The Balaban J connectivity index is 2.03. The van der Waals surface area contributed by atoms with Gasteiger partial charge in [-0.25, -0.2) is 15.0 Å². The van der Waals surface area contributed by atoms with E-state index in [1.54, 1.807) is 26.5 Å². The molecule has 8 nitrogen and oxygen atoms in total.